The van der Waals surface area contributed by atoms with Crippen LogP contribution >= 0.6 is 0 Å². The van der Waals surface area contributed by atoms with E-state index in [1.54, 1.807) is 39.7 Å². The summed E-state index contributed by atoms with van der Waals surface area (Å²) in [5.74, 6) is 0.535. The van der Waals surface area contributed by atoms with E-state index in [0.717, 1.165) is 24.2 Å². The summed E-state index contributed by atoms with van der Waals surface area (Å²) in [6.45, 7) is 8.57. The van der Waals surface area contributed by atoms with Crippen molar-refractivity contribution < 1.29 is 23.8 Å². The third-order valence-corrected chi connectivity index (χ3v) is 4.42. The smallest absolute Gasteiger partial charge is 0.408 e. The van der Waals surface area contributed by atoms with Crippen molar-refractivity contribution in [2.45, 2.75) is 64.8 Å². The molecule has 1 aliphatic rings. The minimum atomic E-state index is -0.717. The van der Waals surface area contributed by atoms with Gasteiger partial charge in [-0.1, -0.05) is 18.2 Å². The van der Waals surface area contributed by atoms with Crippen LogP contribution in [-0.2, 0) is 20.8 Å². The summed E-state index contributed by atoms with van der Waals surface area (Å²) >= 11 is 0. The zero-order chi connectivity index (χ0) is 20.7. The van der Waals surface area contributed by atoms with E-state index in [4.69, 9.17) is 14.2 Å². The van der Waals surface area contributed by atoms with Gasteiger partial charge in [0, 0.05) is 25.3 Å². The van der Waals surface area contributed by atoms with Gasteiger partial charge in [-0.05, 0) is 46.6 Å². The van der Waals surface area contributed by atoms with E-state index in [2.05, 4.69) is 5.32 Å². The van der Waals surface area contributed by atoms with Gasteiger partial charge >= 0.3 is 6.09 Å². The van der Waals surface area contributed by atoms with Crippen molar-refractivity contribution in [2.75, 3.05) is 20.3 Å². The molecular weight excluding hydrogens is 360 g/mol. The standard InChI is InChI=1S/C21H32N2O5/c1-15(22-20(25)28-21(2,3)4)19(24)23(14-17-10-8-12-27-17)13-16-9-6-7-11-18(16)26-5/h6-7,9,11,15,17H,8,10,12-14H2,1-5H3,(H,22,25)/t15-,17?/m1/s1. The first-order valence-electron chi connectivity index (χ1n) is 9.71. The number of hydrogen-bond acceptors (Lipinski definition) is 5. The molecular formula is C21H32N2O5. The van der Waals surface area contributed by atoms with Crippen LogP contribution in [0.15, 0.2) is 24.3 Å². The molecule has 1 N–H and O–H groups in total. The van der Waals surface area contributed by atoms with E-state index in [0.29, 0.717) is 19.7 Å². The third kappa shape index (κ3) is 6.71. The van der Waals surface area contributed by atoms with Crippen molar-refractivity contribution in [1.29, 1.82) is 0 Å². The van der Waals surface area contributed by atoms with E-state index in [9.17, 15) is 9.59 Å². The third-order valence-electron chi connectivity index (χ3n) is 4.42. The zero-order valence-electron chi connectivity index (χ0n) is 17.5. The number of methoxy groups -OCH3 is 1. The normalized spacial score (nSPS) is 17.7. The largest absolute Gasteiger partial charge is 0.496 e. The molecule has 2 rings (SSSR count). The fourth-order valence-corrected chi connectivity index (χ4v) is 3.13. The van der Waals surface area contributed by atoms with Crippen molar-refractivity contribution in [3.63, 3.8) is 0 Å². The highest BCUT2D eigenvalue weighted by Gasteiger charge is 2.28. The van der Waals surface area contributed by atoms with Gasteiger partial charge < -0.3 is 24.4 Å². The molecule has 0 bridgehead atoms. The average molecular weight is 392 g/mol. The number of alkyl carbamates (subject to hydrolysis) is 1. The SMILES string of the molecule is COc1ccccc1CN(CC1CCCO1)C(=O)[C@@H](C)NC(=O)OC(C)(C)C. The van der Waals surface area contributed by atoms with E-state index < -0.39 is 17.7 Å². The molecule has 1 fully saturated rings. The molecule has 28 heavy (non-hydrogen) atoms. The van der Waals surface area contributed by atoms with Crippen molar-refractivity contribution >= 4 is 12.0 Å². The van der Waals surface area contributed by atoms with Crippen LogP contribution in [0.25, 0.3) is 0 Å². The van der Waals surface area contributed by atoms with E-state index in [1.807, 2.05) is 24.3 Å². The van der Waals surface area contributed by atoms with E-state index in [1.165, 1.54) is 0 Å². The summed E-state index contributed by atoms with van der Waals surface area (Å²) in [7, 11) is 1.61. The van der Waals surface area contributed by atoms with Crippen LogP contribution in [-0.4, -0.2) is 54.9 Å². The first-order valence-corrected chi connectivity index (χ1v) is 9.71. The maximum absolute atomic E-state index is 13.1. The zero-order valence-corrected chi connectivity index (χ0v) is 17.5. The van der Waals surface area contributed by atoms with Gasteiger partial charge in [-0.15, -0.1) is 0 Å². The minimum absolute atomic E-state index is 0.00684. The van der Waals surface area contributed by atoms with Gasteiger partial charge in [-0.3, -0.25) is 4.79 Å². The Kier molecular flexibility index (Phi) is 7.69. The summed E-state index contributed by atoms with van der Waals surface area (Å²) in [6.07, 6.45) is 1.31. The fraction of sp³-hybridized carbons (Fsp3) is 0.619. The monoisotopic (exact) mass is 392 g/mol. The molecule has 2 atom stereocenters. The summed E-state index contributed by atoms with van der Waals surface area (Å²) in [6, 6.07) is 6.88. The first kappa shape index (κ1) is 22.0. The van der Waals surface area contributed by atoms with Crippen LogP contribution < -0.4 is 10.1 Å². The second-order valence-electron chi connectivity index (χ2n) is 8.03. The second kappa shape index (κ2) is 9.78. The molecule has 2 amide bonds. The number of carbonyl (C=O) groups excluding carboxylic acids is 2. The van der Waals surface area contributed by atoms with E-state index >= 15 is 0 Å². The Morgan fingerprint density at radius 2 is 2.04 bits per heavy atom. The van der Waals surface area contributed by atoms with Gasteiger partial charge in [0.2, 0.25) is 5.91 Å². The Labute approximate surface area is 167 Å². The van der Waals surface area contributed by atoms with Gasteiger partial charge in [0.15, 0.2) is 0 Å². The molecule has 0 aromatic heterocycles. The number of rotatable bonds is 7. The van der Waals surface area contributed by atoms with Crippen LogP contribution in [0.5, 0.6) is 5.75 Å². The van der Waals surface area contributed by atoms with Gasteiger partial charge in [0.05, 0.1) is 13.2 Å². The molecule has 0 spiro atoms. The second-order valence-corrected chi connectivity index (χ2v) is 8.03. The molecule has 7 heteroatoms. The maximum Gasteiger partial charge on any atom is 0.408 e. The summed E-state index contributed by atoms with van der Waals surface area (Å²) in [5, 5.41) is 2.63. The number of benzene rings is 1. The quantitative estimate of drug-likeness (QED) is 0.771. The van der Waals surface area contributed by atoms with Crippen LogP contribution in [0.1, 0.15) is 46.1 Å². The molecule has 156 valence electrons. The Hall–Kier alpha value is -2.28. The number of hydrogen-bond donors (Lipinski definition) is 1. The Morgan fingerprint density at radius 1 is 1.32 bits per heavy atom. The molecule has 1 unspecified atom stereocenters. The van der Waals surface area contributed by atoms with Crippen LogP contribution in [0.3, 0.4) is 0 Å². The lowest BCUT2D eigenvalue weighted by Crippen LogP contribution is -2.49. The molecule has 1 saturated heterocycles. The maximum atomic E-state index is 13.1. The van der Waals surface area contributed by atoms with Crippen LogP contribution in [0.4, 0.5) is 4.79 Å². The number of para-hydroxylation sites is 1. The Balaban J connectivity index is 2.10. The van der Waals surface area contributed by atoms with Crippen LogP contribution in [0.2, 0.25) is 0 Å². The summed E-state index contributed by atoms with van der Waals surface area (Å²) in [4.78, 5) is 26.9. The molecule has 1 heterocycles. The van der Waals surface area contributed by atoms with Crippen molar-refractivity contribution in [2.24, 2.45) is 0 Å². The highest BCUT2D eigenvalue weighted by atomic mass is 16.6. The molecule has 0 radical (unpaired) electrons. The fourth-order valence-electron chi connectivity index (χ4n) is 3.13. The molecule has 1 aliphatic heterocycles. The van der Waals surface area contributed by atoms with Gasteiger partial charge in [-0.2, -0.15) is 0 Å². The number of amides is 2. The number of nitrogens with zero attached hydrogens (tertiary/aromatic N) is 1. The topological polar surface area (TPSA) is 77.1 Å². The average Bonchev–Trinajstić information content (AvgIpc) is 3.12. The van der Waals surface area contributed by atoms with Crippen molar-refractivity contribution in [3.8, 4) is 5.75 Å². The number of ether oxygens (including phenoxy) is 3. The Morgan fingerprint density at radius 3 is 2.64 bits per heavy atom. The number of nitrogens with one attached hydrogen (secondary N) is 1. The van der Waals surface area contributed by atoms with E-state index in [-0.39, 0.29) is 12.0 Å². The molecule has 1 aromatic rings. The lowest BCUT2D eigenvalue weighted by Gasteiger charge is -2.29. The lowest BCUT2D eigenvalue weighted by molar-refractivity contribution is -0.135. The molecule has 0 aliphatic carbocycles. The van der Waals surface area contributed by atoms with Crippen molar-refractivity contribution in [1.82, 2.24) is 10.2 Å². The summed E-state index contributed by atoms with van der Waals surface area (Å²) < 4.78 is 16.4. The summed E-state index contributed by atoms with van der Waals surface area (Å²) in [5.41, 5.74) is 0.280. The van der Waals surface area contributed by atoms with Crippen LogP contribution in [0, 0.1) is 0 Å². The number of carbonyl (C=O) groups is 2. The Bertz CT molecular complexity index is 665. The molecule has 0 saturated carbocycles. The first-order chi connectivity index (χ1) is 13.2. The van der Waals surface area contributed by atoms with Crippen molar-refractivity contribution in [3.05, 3.63) is 29.8 Å². The van der Waals surface area contributed by atoms with Gasteiger partial charge in [-0.25, -0.2) is 4.79 Å². The highest BCUT2D eigenvalue weighted by Crippen LogP contribution is 2.22. The molecule has 1 aromatic carbocycles. The van der Waals surface area contributed by atoms with Gasteiger partial charge in [0.1, 0.15) is 17.4 Å². The predicted octanol–water partition coefficient (Wildman–Crippen LogP) is 3.12. The molecule has 7 nitrogen and oxygen atoms in total. The highest BCUT2D eigenvalue weighted by molar-refractivity contribution is 5.85. The predicted molar refractivity (Wildman–Crippen MR) is 106 cm³/mol. The lowest BCUT2D eigenvalue weighted by atomic mass is 10.1. The van der Waals surface area contributed by atoms with Gasteiger partial charge in [0.25, 0.3) is 0 Å². The minimum Gasteiger partial charge on any atom is -0.496 e.